The van der Waals surface area contributed by atoms with Gasteiger partial charge in [-0.05, 0) is 44.5 Å². The summed E-state index contributed by atoms with van der Waals surface area (Å²) >= 11 is 0. The molecule has 1 unspecified atom stereocenters. The average molecular weight is 276 g/mol. The van der Waals surface area contributed by atoms with Crippen LogP contribution in [-0.4, -0.2) is 54.1 Å². The highest BCUT2D eigenvalue weighted by atomic mass is 16.4. The van der Waals surface area contributed by atoms with Crippen molar-refractivity contribution in [3.63, 3.8) is 0 Å². The summed E-state index contributed by atoms with van der Waals surface area (Å²) in [5.41, 5.74) is 4.31. The summed E-state index contributed by atoms with van der Waals surface area (Å²) in [5, 5.41) is 9.71. The molecule has 2 rings (SSSR count). The monoisotopic (exact) mass is 276 g/mol. The molecule has 1 N–H and O–H groups in total. The van der Waals surface area contributed by atoms with Crippen molar-refractivity contribution >= 4 is 5.97 Å². The van der Waals surface area contributed by atoms with Crippen LogP contribution in [0.5, 0.6) is 0 Å². The quantitative estimate of drug-likeness (QED) is 0.917. The second kappa shape index (κ2) is 5.94. The first-order valence-electron chi connectivity index (χ1n) is 7.13. The highest BCUT2D eigenvalue weighted by Crippen LogP contribution is 2.29. The number of hydrogen-bond donors (Lipinski definition) is 1. The van der Waals surface area contributed by atoms with Gasteiger partial charge in [0.1, 0.15) is 6.04 Å². The number of rotatable bonds is 3. The van der Waals surface area contributed by atoms with Crippen molar-refractivity contribution in [3.8, 4) is 0 Å². The molecule has 0 amide bonds. The number of likely N-dealkylation sites (N-methyl/N-ethyl adjacent to an activating group) is 1. The van der Waals surface area contributed by atoms with Gasteiger partial charge in [0.15, 0.2) is 0 Å². The van der Waals surface area contributed by atoms with Crippen LogP contribution in [-0.2, 0) is 4.79 Å². The standard InChI is InChI=1S/C16H24N2O2/c1-11-9-12(2)14(13(3)10-11)15(16(19)20)18-7-5-17(4)6-8-18/h9-10,15H,5-8H2,1-4H3,(H,19,20). The first-order chi connectivity index (χ1) is 9.40. The van der Waals surface area contributed by atoms with Crippen molar-refractivity contribution in [2.45, 2.75) is 26.8 Å². The third-order valence-corrected chi connectivity index (χ3v) is 4.15. The third-order valence-electron chi connectivity index (χ3n) is 4.15. The minimum atomic E-state index is -0.746. The van der Waals surface area contributed by atoms with Gasteiger partial charge in [-0.25, -0.2) is 0 Å². The maximum absolute atomic E-state index is 11.8. The first-order valence-corrected chi connectivity index (χ1v) is 7.13. The van der Waals surface area contributed by atoms with E-state index in [1.165, 1.54) is 5.56 Å². The van der Waals surface area contributed by atoms with Gasteiger partial charge in [-0.15, -0.1) is 0 Å². The SMILES string of the molecule is Cc1cc(C)c(C(C(=O)O)N2CCN(C)CC2)c(C)c1. The van der Waals surface area contributed by atoms with Crippen molar-refractivity contribution in [1.29, 1.82) is 0 Å². The molecule has 1 aromatic carbocycles. The molecule has 0 aliphatic carbocycles. The van der Waals surface area contributed by atoms with Crippen LogP contribution in [0, 0.1) is 20.8 Å². The zero-order valence-electron chi connectivity index (χ0n) is 12.8. The van der Waals surface area contributed by atoms with E-state index >= 15 is 0 Å². The molecule has 4 nitrogen and oxygen atoms in total. The van der Waals surface area contributed by atoms with Crippen molar-refractivity contribution in [1.82, 2.24) is 9.80 Å². The van der Waals surface area contributed by atoms with E-state index in [-0.39, 0.29) is 0 Å². The fraction of sp³-hybridized carbons (Fsp3) is 0.562. The minimum absolute atomic E-state index is 0.524. The lowest BCUT2D eigenvalue weighted by Gasteiger charge is -2.37. The molecular formula is C16H24N2O2. The molecule has 1 aromatic rings. The summed E-state index contributed by atoms with van der Waals surface area (Å²) in [6.07, 6.45) is 0. The number of nitrogens with zero attached hydrogens (tertiary/aromatic N) is 2. The Hall–Kier alpha value is -1.39. The Kier molecular flexibility index (Phi) is 4.45. The topological polar surface area (TPSA) is 43.8 Å². The molecule has 4 heteroatoms. The fourth-order valence-corrected chi connectivity index (χ4v) is 3.16. The van der Waals surface area contributed by atoms with E-state index in [1.807, 2.05) is 13.8 Å². The van der Waals surface area contributed by atoms with Gasteiger partial charge in [0, 0.05) is 26.2 Å². The molecule has 1 aliphatic heterocycles. The van der Waals surface area contributed by atoms with Crippen LogP contribution < -0.4 is 0 Å². The molecule has 1 fully saturated rings. The van der Waals surface area contributed by atoms with Crippen LogP contribution in [0.1, 0.15) is 28.3 Å². The molecule has 0 bridgehead atoms. The molecule has 1 aliphatic rings. The number of piperazine rings is 1. The van der Waals surface area contributed by atoms with Gasteiger partial charge in [-0.3, -0.25) is 9.69 Å². The van der Waals surface area contributed by atoms with Crippen LogP contribution in [0.2, 0.25) is 0 Å². The number of carboxylic acid groups (broad SMARTS) is 1. The fourth-order valence-electron chi connectivity index (χ4n) is 3.16. The number of carbonyl (C=O) groups is 1. The summed E-state index contributed by atoms with van der Waals surface area (Å²) < 4.78 is 0. The molecule has 0 saturated carbocycles. The van der Waals surface area contributed by atoms with Crippen LogP contribution in [0.25, 0.3) is 0 Å². The van der Waals surface area contributed by atoms with E-state index in [4.69, 9.17) is 0 Å². The van der Waals surface area contributed by atoms with Gasteiger partial charge >= 0.3 is 5.97 Å². The van der Waals surface area contributed by atoms with Crippen LogP contribution in [0.15, 0.2) is 12.1 Å². The van der Waals surface area contributed by atoms with Gasteiger partial charge in [-0.1, -0.05) is 17.7 Å². The Morgan fingerprint density at radius 3 is 2.05 bits per heavy atom. The minimum Gasteiger partial charge on any atom is -0.480 e. The largest absolute Gasteiger partial charge is 0.480 e. The van der Waals surface area contributed by atoms with Gasteiger partial charge in [-0.2, -0.15) is 0 Å². The summed E-state index contributed by atoms with van der Waals surface area (Å²) in [6.45, 7) is 9.54. The molecule has 110 valence electrons. The van der Waals surface area contributed by atoms with E-state index in [2.05, 4.69) is 35.9 Å². The van der Waals surface area contributed by atoms with E-state index in [9.17, 15) is 9.90 Å². The Morgan fingerprint density at radius 1 is 1.10 bits per heavy atom. The molecule has 0 radical (unpaired) electrons. The predicted molar refractivity (Wildman–Crippen MR) is 80.1 cm³/mol. The Morgan fingerprint density at radius 2 is 1.60 bits per heavy atom. The van der Waals surface area contributed by atoms with Gasteiger partial charge in [0.25, 0.3) is 0 Å². The first kappa shape index (κ1) is 15.0. The van der Waals surface area contributed by atoms with Crippen molar-refractivity contribution in [2.75, 3.05) is 33.2 Å². The summed E-state index contributed by atoms with van der Waals surface area (Å²) in [5.74, 6) is -0.746. The molecule has 1 atom stereocenters. The number of aliphatic carboxylic acids is 1. The van der Waals surface area contributed by atoms with Crippen LogP contribution in [0.3, 0.4) is 0 Å². The molecule has 1 saturated heterocycles. The molecule has 0 aromatic heterocycles. The Bertz CT molecular complexity index is 482. The Balaban J connectivity index is 2.37. The zero-order chi connectivity index (χ0) is 14.9. The average Bonchev–Trinajstić information content (AvgIpc) is 2.34. The number of benzene rings is 1. The van der Waals surface area contributed by atoms with Gasteiger partial charge in [0.05, 0.1) is 0 Å². The third kappa shape index (κ3) is 3.02. The lowest BCUT2D eigenvalue weighted by Crippen LogP contribution is -2.48. The van der Waals surface area contributed by atoms with Gasteiger partial charge < -0.3 is 10.0 Å². The van der Waals surface area contributed by atoms with Crippen LogP contribution >= 0.6 is 0 Å². The summed E-state index contributed by atoms with van der Waals surface area (Å²) in [7, 11) is 2.08. The second-order valence-electron chi connectivity index (χ2n) is 5.89. The summed E-state index contributed by atoms with van der Waals surface area (Å²) in [4.78, 5) is 16.1. The zero-order valence-corrected chi connectivity index (χ0v) is 12.8. The second-order valence-corrected chi connectivity index (χ2v) is 5.89. The van der Waals surface area contributed by atoms with Gasteiger partial charge in [0.2, 0.25) is 0 Å². The smallest absolute Gasteiger partial charge is 0.325 e. The van der Waals surface area contributed by atoms with Crippen LogP contribution in [0.4, 0.5) is 0 Å². The number of hydrogen-bond acceptors (Lipinski definition) is 3. The van der Waals surface area contributed by atoms with Crippen molar-refractivity contribution < 1.29 is 9.90 Å². The molecule has 20 heavy (non-hydrogen) atoms. The molecule has 0 spiro atoms. The van der Waals surface area contributed by atoms with Crippen molar-refractivity contribution in [2.24, 2.45) is 0 Å². The summed E-state index contributed by atoms with van der Waals surface area (Å²) in [6, 6.07) is 3.63. The lowest BCUT2D eigenvalue weighted by atomic mass is 9.92. The molecule has 1 heterocycles. The predicted octanol–water partition coefficient (Wildman–Crippen LogP) is 1.98. The number of aryl methyl sites for hydroxylation is 3. The Labute approximate surface area is 121 Å². The van der Waals surface area contributed by atoms with E-state index < -0.39 is 12.0 Å². The highest BCUT2D eigenvalue weighted by Gasteiger charge is 2.31. The normalized spacial score (nSPS) is 19.0. The highest BCUT2D eigenvalue weighted by molar-refractivity contribution is 5.77. The van der Waals surface area contributed by atoms with Crippen molar-refractivity contribution in [3.05, 3.63) is 34.4 Å². The number of carboxylic acids is 1. The molecular weight excluding hydrogens is 252 g/mol. The van der Waals surface area contributed by atoms with E-state index in [1.54, 1.807) is 0 Å². The van der Waals surface area contributed by atoms with E-state index in [0.29, 0.717) is 0 Å². The maximum atomic E-state index is 11.8. The maximum Gasteiger partial charge on any atom is 0.325 e. The lowest BCUT2D eigenvalue weighted by molar-refractivity contribution is -0.144. The van der Waals surface area contributed by atoms with E-state index in [0.717, 1.165) is 42.9 Å².